The molecule has 0 bridgehead atoms. The summed E-state index contributed by atoms with van der Waals surface area (Å²) in [6.07, 6.45) is 3.31. The molecular weight excluding hydrogens is 320 g/mol. The van der Waals surface area contributed by atoms with Crippen molar-refractivity contribution in [1.29, 1.82) is 0 Å². The number of hydrogen-bond donors (Lipinski definition) is 1. The van der Waals surface area contributed by atoms with Crippen molar-refractivity contribution in [3.05, 3.63) is 82.6 Å². The van der Waals surface area contributed by atoms with Crippen LogP contribution in [0.3, 0.4) is 0 Å². The lowest BCUT2D eigenvalue weighted by molar-refractivity contribution is 0.0726. The van der Waals surface area contributed by atoms with E-state index in [2.05, 4.69) is 4.98 Å². The van der Waals surface area contributed by atoms with Crippen molar-refractivity contribution in [1.82, 2.24) is 9.88 Å². The van der Waals surface area contributed by atoms with Crippen LogP contribution in [0.15, 0.2) is 70.9 Å². The highest BCUT2D eigenvalue weighted by atomic mass is 32.1. The number of rotatable bonds is 5. The summed E-state index contributed by atoms with van der Waals surface area (Å²) >= 11 is 1.65. The monoisotopic (exact) mass is 336 g/mol. The Hall–Kier alpha value is -2.79. The smallest absolute Gasteiger partial charge is 0.270 e. The van der Waals surface area contributed by atoms with Crippen molar-refractivity contribution in [2.45, 2.75) is 13.1 Å². The molecule has 3 aromatic heterocycles. The molecule has 0 unspecified atom stereocenters. The molecule has 24 heavy (non-hydrogen) atoms. The first-order chi connectivity index (χ1) is 11.8. The van der Waals surface area contributed by atoms with Crippen LogP contribution in [0.1, 0.15) is 20.9 Å². The Balaban J connectivity index is 1.64. The number of nitrogens with one attached hydrogen (secondary N) is 1. The van der Waals surface area contributed by atoms with Gasteiger partial charge in [-0.15, -0.1) is 11.3 Å². The van der Waals surface area contributed by atoms with E-state index in [1.54, 1.807) is 23.9 Å². The van der Waals surface area contributed by atoms with Gasteiger partial charge in [-0.25, -0.2) is 0 Å². The molecule has 0 radical (unpaired) electrons. The van der Waals surface area contributed by atoms with Crippen LogP contribution < -0.4 is 0 Å². The van der Waals surface area contributed by atoms with Gasteiger partial charge in [0.1, 0.15) is 5.69 Å². The van der Waals surface area contributed by atoms with Gasteiger partial charge in [0.25, 0.3) is 5.91 Å². The first kappa shape index (κ1) is 14.8. The molecule has 0 fully saturated rings. The van der Waals surface area contributed by atoms with E-state index < -0.39 is 0 Å². The minimum Gasteiger partial charge on any atom is -0.472 e. The Bertz CT molecular complexity index is 870. The second-order valence-electron chi connectivity index (χ2n) is 5.64. The highest BCUT2D eigenvalue weighted by Crippen LogP contribution is 2.20. The molecule has 5 heteroatoms. The van der Waals surface area contributed by atoms with Gasteiger partial charge >= 0.3 is 0 Å². The highest BCUT2D eigenvalue weighted by molar-refractivity contribution is 7.09. The fraction of sp³-hybridized carbons (Fsp3) is 0.105. The number of fused-ring (bicyclic) bond motifs is 1. The lowest BCUT2D eigenvalue weighted by atomic mass is 10.2. The van der Waals surface area contributed by atoms with E-state index in [1.807, 2.05) is 58.8 Å². The average molecular weight is 336 g/mol. The molecule has 1 amide bonds. The van der Waals surface area contributed by atoms with E-state index in [0.29, 0.717) is 18.8 Å². The van der Waals surface area contributed by atoms with Gasteiger partial charge in [0.2, 0.25) is 0 Å². The van der Waals surface area contributed by atoms with Crippen LogP contribution in [0.25, 0.3) is 10.9 Å². The average Bonchev–Trinajstić information content (AvgIpc) is 3.34. The predicted octanol–water partition coefficient (Wildman–Crippen LogP) is 4.67. The summed E-state index contributed by atoms with van der Waals surface area (Å²) < 4.78 is 5.14. The predicted molar refractivity (Wildman–Crippen MR) is 94.9 cm³/mol. The molecular formula is C19H16N2O2S. The summed E-state index contributed by atoms with van der Waals surface area (Å²) in [6.45, 7) is 1.10. The van der Waals surface area contributed by atoms with Gasteiger partial charge in [-0.05, 0) is 29.6 Å². The summed E-state index contributed by atoms with van der Waals surface area (Å²) in [4.78, 5) is 19.2. The number of hydrogen-bond acceptors (Lipinski definition) is 3. The Labute approximate surface area is 143 Å². The van der Waals surface area contributed by atoms with Gasteiger partial charge in [-0.2, -0.15) is 0 Å². The third kappa shape index (κ3) is 2.98. The molecule has 0 saturated carbocycles. The number of carbonyl (C=O) groups is 1. The van der Waals surface area contributed by atoms with E-state index in [0.717, 1.165) is 21.3 Å². The number of para-hydroxylation sites is 1. The zero-order valence-electron chi connectivity index (χ0n) is 12.9. The number of nitrogens with zero attached hydrogens (tertiary/aromatic N) is 1. The summed E-state index contributed by atoms with van der Waals surface area (Å²) in [5.74, 6) is -0.0131. The van der Waals surface area contributed by atoms with Crippen LogP contribution in [-0.4, -0.2) is 15.8 Å². The SMILES string of the molecule is O=C(c1cc2ccccc2[nH]1)N(Cc1ccoc1)Cc1cccs1. The topological polar surface area (TPSA) is 49.2 Å². The molecule has 1 aromatic carbocycles. The van der Waals surface area contributed by atoms with Crippen molar-refractivity contribution >= 4 is 28.1 Å². The van der Waals surface area contributed by atoms with E-state index in [4.69, 9.17) is 4.42 Å². The van der Waals surface area contributed by atoms with Crippen LogP contribution in [0.4, 0.5) is 0 Å². The molecule has 4 aromatic rings. The molecule has 120 valence electrons. The third-order valence-corrected chi connectivity index (χ3v) is 4.79. The molecule has 0 aliphatic carbocycles. The van der Waals surface area contributed by atoms with E-state index in [-0.39, 0.29) is 5.91 Å². The number of aromatic nitrogens is 1. The Morgan fingerprint density at radius 3 is 2.79 bits per heavy atom. The number of carbonyl (C=O) groups excluding carboxylic acids is 1. The molecule has 0 atom stereocenters. The van der Waals surface area contributed by atoms with Crippen LogP contribution in [0, 0.1) is 0 Å². The molecule has 0 aliphatic rings. The van der Waals surface area contributed by atoms with Gasteiger partial charge in [0.15, 0.2) is 0 Å². The van der Waals surface area contributed by atoms with Crippen LogP contribution in [0.2, 0.25) is 0 Å². The maximum absolute atomic E-state index is 13.0. The molecule has 4 rings (SSSR count). The van der Waals surface area contributed by atoms with Crippen LogP contribution in [0.5, 0.6) is 0 Å². The van der Waals surface area contributed by atoms with Crippen molar-refractivity contribution in [3.63, 3.8) is 0 Å². The Kier molecular flexibility index (Phi) is 3.92. The minimum absolute atomic E-state index is 0.0131. The number of furan rings is 1. The second kappa shape index (κ2) is 6.37. The molecule has 0 spiro atoms. The third-order valence-electron chi connectivity index (χ3n) is 3.93. The molecule has 3 heterocycles. The zero-order chi connectivity index (χ0) is 16.4. The lowest BCUT2D eigenvalue weighted by Crippen LogP contribution is -2.29. The summed E-state index contributed by atoms with van der Waals surface area (Å²) in [5, 5.41) is 3.07. The fourth-order valence-electron chi connectivity index (χ4n) is 2.75. The van der Waals surface area contributed by atoms with Crippen molar-refractivity contribution in [2.75, 3.05) is 0 Å². The fourth-order valence-corrected chi connectivity index (χ4v) is 3.47. The molecule has 0 aliphatic heterocycles. The second-order valence-corrected chi connectivity index (χ2v) is 6.67. The normalized spacial score (nSPS) is 11.0. The molecule has 0 saturated heterocycles. The highest BCUT2D eigenvalue weighted by Gasteiger charge is 2.19. The number of aromatic amines is 1. The molecule has 4 nitrogen and oxygen atoms in total. The van der Waals surface area contributed by atoms with Crippen LogP contribution in [-0.2, 0) is 13.1 Å². The van der Waals surface area contributed by atoms with E-state index >= 15 is 0 Å². The number of H-pyrrole nitrogens is 1. The molecule has 1 N–H and O–H groups in total. The number of amides is 1. The van der Waals surface area contributed by atoms with Crippen molar-refractivity contribution < 1.29 is 9.21 Å². The van der Waals surface area contributed by atoms with Crippen LogP contribution >= 0.6 is 11.3 Å². The number of thiophene rings is 1. The van der Waals surface area contributed by atoms with Gasteiger partial charge < -0.3 is 14.3 Å². The zero-order valence-corrected chi connectivity index (χ0v) is 13.8. The van der Waals surface area contributed by atoms with Gasteiger partial charge in [0, 0.05) is 27.9 Å². The lowest BCUT2D eigenvalue weighted by Gasteiger charge is -2.21. The first-order valence-corrected chi connectivity index (χ1v) is 8.58. The minimum atomic E-state index is -0.0131. The summed E-state index contributed by atoms with van der Waals surface area (Å²) in [6, 6.07) is 15.8. The Morgan fingerprint density at radius 1 is 1.12 bits per heavy atom. The largest absolute Gasteiger partial charge is 0.472 e. The van der Waals surface area contributed by atoms with E-state index in [9.17, 15) is 4.79 Å². The summed E-state index contributed by atoms with van der Waals surface area (Å²) in [5.41, 5.74) is 2.56. The van der Waals surface area contributed by atoms with Gasteiger partial charge in [-0.3, -0.25) is 4.79 Å². The van der Waals surface area contributed by atoms with E-state index in [1.165, 1.54) is 0 Å². The maximum Gasteiger partial charge on any atom is 0.270 e. The Morgan fingerprint density at radius 2 is 2.04 bits per heavy atom. The first-order valence-electron chi connectivity index (χ1n) is 7.70. The standard InChI is InChI=1S/C19H16N2O2S/c22-19(18-10-15-4-1-2-6-17(15)20-18)21(11-14-7-8-23-13-14)12-16-5-3-9-24-16/h1-10,13,20H,11-12H2. The summed E-state index contributed by atoms with van der Waals surface area (Å²) in [7, 11) is 0. The quantitative estimate of drug-likeness (QED) is 0.576. The van der Waals surface area contributed by atoms with Gasteiger partial charge in [0.05, 0.1) is 19.1 Å². The maximum atomic E-state index is 13.0. The van der Waals surface area contributed by atoms with Gasteiger partial charge in [-0.1, -0.05) is 24.3 Å². The van der Waals surface area contributed by atoms with Crippen molar-refractivity contribution in [3.8, 4) is 0 Å². The number of benzene rings is 1. The van der Waals surface area contributed by atoms with Crippen molar-refractivity contribution in [2.24, 2.45) is 0 Å².